The van der Waals surface area contributed by atoms with Crippen LogP contribution in [0.15, 0.2) is 29.4 Å². The van der Waals surface area contributed by atoms with Gasteiger partial charge < -0.3 is 19.6 Å². The van der Waals surface area contributed by atoms with E-state index >= 15 is 0 Å². The van der Waals surface area contributed by atoms with Crippen LogP contribution in [0.2, 0.25) is 0 Å². The minimum atomic E-state index is -0.506. The van der Waals surface area contributed by atoms with Crippen molar-refractivity contribution in [1.82, 2.24) is 5.32 Å². The van der Waals surface area contributed by atoms with Crippen LogP contribution >= 0.6 is 0 Å². The molecule has 1 amide bonds. The Morgan fingerprint density at radius 2 is 1.96 bits per heavy atom. The monoisotopic (exact) mass is 390 g/mol. The standard InChI is InChI=1S/C21H27FN2O4/c22-16-5-3-15(4-6-16)19-12-18(28-24-19)13-21(7-10-26-11-8-21)20(25)23-17-2-1-9-27-14-17/h3-6,17-18H,1-2,7-14H2,(H,23,25)/t17-,18+/m0/s1. The van der Waals surface area contributed by atoms with Crippen molar-refractivity contribution in [3.05, 3.63) is 35.6 Å². The molecule has 3 aliphatic rings. The summed E-state index contributed by atoms with van der Waals surface area (Å²) in [6.45, 7) is 2.50. The molecule has 4 rings (SSSR count). The molecular formula is C21H27FN2O4. The molecule has 2 saturated heterocycles. The fourth-order valence-corrected chi connectivity index (χ4v) is 4.27. The molecule has 1 aromatic carbocycles. The first-order valence-electron chi connectivity index (χ1n) is 10.1. The predicted octanol–water partition coefficient (Wildman–Crippen LogP) is 2.80. The first-order chi connectivity index (χ1) is 13.6. The van der Waals surface area contributed by atoms with Crippen LogP contribution in [0.1, 0.15) is 44.1 Å². The number of nitrogens with one attached hydrogen (secondary N) is 1. The van der Waals surface area contributed by atoms with E-state index in [1.54, 1.807) is 12.1 Å². The average molecular weight is 390 g/mol. The van der Waals surface area contributed by atoms with Crippen molar-refractivity contribution in [3.8, 4) is 0 Å². The summed E-state index contributed by atoms with van der Waals surface area (Å²) in [7, 11) is 0. The molecule has 28 heavy (non-hydrogen) atoms. The van der Waals surface area contributed by atoms with E-state index in [9.17, 15) is 9.18 Å². The van der Waals surface area contributed by atoms with Crippen LogP contribution in [0.3, 0.4) is 0 Å². The highest BCUT2D eigenvalue weighted by atomic mass is 19.1. The zero-order valence-corrected chi connectivity index (χ0v) is 16.0. The quantitative estimate of drug-likeness (QED) is 0.839. The Balaban J connectivity index is 1.40. The molecule has 2 fully saturated rings. The Labute approximate surface area is 164 Å². The smallest absolute Gasteiger partial charge is 0.226 e. The molecular weight excluding hydrogens is 363 g/mol. The van der Waals surface area contributed by atoms with Crippen LogP contribution in [0, 0.1) is 11.2 Å². The Hall–Kier alpha value is -1.99. The maximum atomic E-state index is 13.2. The third-order valence-corrected chi connectivity index (χ3v) is 5.96. The highest BCUT2D eigenvalue weighted by molar-refractivity contribution is 6.01. The number of hydrogen-bond donors (Lipinski definition) is 1. The highest BCUT2D eigenvalue weighted by Gasteiger charge is 2.44. The number of halogens is 1. The van der Waals surface area contributed by atoms with Crippen molar-refractivity contribution >= 4 is 11.6 Å². The summed E-state index contributed by atoms with van der Waals surface area (Å²) in [6, 6.07) is 6.34. The lowest BCUT2D eigenvalue weighted by Crippen LogP contribution is -2.51. The van der Waals surface area contributed by atoms with E-state index in [2.05, 4.69) is 10.5 Å². The molecule has 0 unspecified atom stereocenters. The van der Waals surface area contributed by atoms with Gasteiger partial charge in [0.1, 0.15) is 11.9 Å². The zero-order valence-electron chi connectivity index (χ0n) is 16.0. The van der Waals surface area contributed by atoms with Gasteiger partial charge in [0.05, 0.1) is 23.8 Å². The third kappa shape index (κ3) is 4.36. The van der Waals surface area contributed by atoms with Gasteiger partial charge in [-0.05, 0) is 43.4 Å². The van der Waals surface area contributed by atoms with Crippen molar-refractivity contribution in [2.75, 3.05) is 26.4 Å². The second-order valence-electron chi connectivity index (χ2n) is 7.96. The molecule has 0 aliphatic carbocycles. The average Bonchev–Trinajstić information content (AvgIpc) is 3.18. The highest BCUT2D eigenvalue weighted by Crippen LogP contribution is 2.39. The Morgan fingerprint density at radius 3 is 2.68 bits per heavy atom. The van der Waals surface area contributed by atoms with Crippen LogP contribution in [0.25, 0.3) is 0 Å². The van der Waals surface area contributed by atoms with E-state index < -0.39 is 5.41 Å². The lowest BCUT2D eigenvalue weighted by molar-refractivity contribution is -0.141. The van der Waals surface area contributed by atoms with Gasteiger partial charge in [0, 0.05) is 32.7 Å². The molecule has 1 aromatic rings. The van der Waals surface area contributed by atoms with Crippen LogP contribution in [0.4, 0.5) is 4.39 Å². The number of benzene rings is 1. The summed E-state index contributed by atoms with van der Waals surface area (Å²) in [5.74, 6) is -0.200. The number of hydrogen-bond acceptors (Lipinski definition) is 5. The van der Waals surface area contributed by atoms with Gasteiger partial charge in [0.15, 0.2) is 0 Å². The molecule has 2 atom stereocenters. The van der Waals surface area contributed by atoms with E-state index in [1.807, 2.05) is 0 Å². The van der Waals surface area contributed by atoms with Crippen molar-refractivity contribution in [2.24, 2.45) is 10.6 Å². The fourth-order valence-electron chi connectivity index (χ4n) is 4.27. The minimum absolute atomic E-state index is 0.0742. The minimum Gasteiger partial charge on any atom is -0.392 e. The first-order valence-corrected chi connectivity index (χ1v) is 10.1. The molecule has 1 N–H and O–H groups in total. The molecule has 0 radical (unpaired) electrons. The summed E-state index contributed by atoms with van der Waals surface area (Å²) in [5.41, 5.74) is 1.15. The van der Waals surface area contributed by atoms with Crippen molar-refractivity contribution in [2.45, 2.75) is 50.7 Å². The van der Waals surface area contributed by atoms with Gasteiger partial charge in [0.2, 0.25) is 5.91 Å². The number of oxime groups is 1. The summed E-state index contributed by atoms with van der Waals surface area (Å²) in [4.78, 5) is 18.9. The van der Waals surface area contributed by atoms with Crippen molar-refractivity contribution in [3.63, 3.8) is 0 Å². The summed E-state index contributed by atoms with van der Waals surface area (Å²) < 4.78 is 24.2. The summed E-state index contributed by atoms with van der Waals surface area (Å²) >= 11 is 0. The molecule has 0 aromatic heterocycles. The molecule has 0 bridgehead atoms. The first kappa shape index (κ1) is 19.3. The van der Waals surface area contributed by atoms with E-state index in [0.717, 1.165) is 30.7 Å². The van der Waals surface area contributed by atoms with Gasteiger partial charge in [-0.2, -0.15) is 0 Å². The van der Waals surface area contributed by atoms with Gasteiger partial charge in [-0.15, -0.1) is 0 Å². The summed E-state index contributed by atoms with van der Waals surface area (Å²) in [6.07, 6.45) is 4.35. The lowest BCUT2D eigenvalue weighted by atomic mass is 9.74. The van der Waals surface area contributed by atoms with Crippen LogP contribution in [0.5, 0.6) is 0 Å². The Bertz CT molecular complexity index is 710. The van der Waals surface area contributed by atoms with E-state index in [4.69, 9.17) is 14.3 Å². The Morgan fingerprint density at radius 1 is 1.18 bits per heavy atom. The normalized spacial score (nSPS) is 27.0. The predicted molar refractivity (Wildman–Crippen MR) is 102 cm³/mol. The van der Waals surface area contributed by atoms with Gasteiger partial charge in [-0.3, -0.25) is 4.79 Å². The summed E-state index contributed by atoms with van der Waals surface area (Å²) in [5, 5.41) is 7.40. The van der Waals surface area contributed by atoms with Gasteiger partial charge >= 0.3 is 0 Å². The van der Waals surface area contributed by atoms with Gasteiger partial charge in [-0.1, -0.05) is 17.3 Å². The number of carbonyl (C=O) groups is 1. The third-order valence-electron chi connectivity index (χ3n) is 5.96. The number of ether oxygens (including phenoxy) is 2. The second kappa shape index (κ2) is 8.57. The number of amides is 1. The zero-order chi connectivity index (χ0) is 19.4. The number of rotatable bonds is 5. The van der Waals surface area contributed by atoms with Crippen LogP contribution < -0.4 is 5.32 Å². The van der Waals surface area contributed by atoms with Crippen LogP contribution in [-0.2, 0) is 19.1 Å². The molecule has 0 spiro atoms. The van der Waals surface area contributed by atoms with E-state index in [1.165, 1.54) is 12.1 Å². The van der Waals surface area contributed by atoms with E-state index in [0.29, 0.717) is 45.5 Å². The number of nitrogens with zero attached hydrogens (tertiary/aromatic N) is 1. The maximum absolute atomic E-state index is 13.2. The molecule has 3 aliphatic heterocycles. The fraction of sp³-hybridized carbons (Fsp3) is 0.619. The Kier molecular flexibility index (Phi) is 5.92. The van der Waals surface area contributed by atoms with Gasteiger partial charge in [0.25, 0.3) is 0 Å². The van der Waals surface area contributed by atoms with Crippen molar-refractivity contribution in [1.29, 1.82) is 0 Å². The SMILES string of the molecule is O=C(N[C@H]1CCCOC1)C1(C[C@H]2CC(c3ccc(F)cc3)=NO2)CCOCC1. The topological polar surface area (TPSA) is 69.2 Å². The van der Waals surface area contributed by atoms with Crippen molar-refractivity contribution < 1.29 is 23.5 Å². The molecule has 152 valence electrons. The van der Waals surface area contributed by atoms with E-state index in [-0.39, 0.29) is 23.9 Å². The molecule has 6 nitrogen and oxygen atoms in total. The lowest BCUT2D eigenvalue weighted by Gasteiger charge is -2.38. The molecule has 7 heteroatoms. The maximum Gasteiger partial charge on any atom is 0.226 e. The number of carbonyl (C=O) groups excluding carboxylic acids is 1. The molecule has 3 heterocycles. The van der Waals surface area contributed by atoms with Gasteiger partial charge in [-0.25, -0.2) is 4.39 Å². The largest absolute Gasteiger partial charge is 0.392 e. The van der Waals surface area contributed by atoms with Crippen LogP contribution in [-0.4, -0.2) is 50.2 Å². The molecule has 0 saturated carbocycles. The second-order valence-corrected chi connectivity index (χ2v) is 7.96.